The lowest BCUT2D eigenvalue weighted by molar-refractivity contribution is -0.123. The van der Waals surface area contributed by atoms with Crippen LogP contribution in [0, 0.1) is 0 Å². The third kappa shape index (κ3) is 5.55. The Bertz CT molecular complexity index is 952. The fourth-order valence-corrected chi connectivity index (χ4v) is 3.08. The lowest BCUT2D eigenvalue weighted by Gasteiger charge is -2.19. The quantitative estimate of drug-likeness (QED) is 0.547. The maximum Gasteiger partial charge on any atom is 0.340 e. The highest BCUT2D eigenvalue weighted by molar-refractivity contribution is 7.98. The largest absolute Gasteiger partial charge is 0.486 e. The average molecular weight is 437 g/mol. The summed E-state index contributed by atoms with van der Waals surface area (Å²) >= 11 is 7.43. The lowest BCUT2D eigenvalue weighted by Crippen LogP contribution is -2.37. The predicted molar refractivity (Wildman–Crippen MR) is 108 cm³/mol. The molecule has 0 aliphatic carbocycles. The van der Waals surface area contributed by atoms with Crippen molar-refractivity contribution in [3.05, 3.63) is 47.0 Å². The van der Waals surface area contributed by atoms with Gasteiger partial charge in [0.2, 0.25) is 0 Å². The van der Waals surface area contributed by atoms with E-state index in [1.165, 1.54) is 11.8 Å². The minimum absolute atomic E-state index is 0.145. The number of benzene rings is 2. The van der Waals surface area contributed by atoms with Crippen LogP contribution in [-0.4, -0.2) is 44.0 Å². The van der Waals surface area contributed by atoms with E-state index in [4.69, 9.17) is 25.8 Å². The number of carbonyl (C=O) groups excluding carboxylic acids is 3. The van der Waals surface area contributed by atoms with Gasteiger partial charge in [0.1, 0.15) is 13.2 Å². The molecular formula is C19H17ClN2O6S. The number of urea groups is 1. The number of fused-ring (bicyclic) bond motifs is 1. The first-order valence-corrected chi connectivity index (χ1v) is 10.1. The van der Waals surface area contributed by atoms with Gasteiger partial charge in [0.05, 0.1) is 10.6 Å². The Labute approximate surface area is 175 Å². The number of rotatable bonds is 5. The third-order valence-corrected chi connectivity index (χ3v) is 4.84. The predicted octanol–water partition coefficient (Wildman–Crippen LogP) is 3.34. The minimum Gasteiger partial charge on any atom is -0.486 e. The van der Waals surface area contributed by atoms with Crippen molar-refractivity contribution in [3.63, 3.8) is 0 Å². The molecule has 152 valence electrons. The van der Waals surface area contributed by atoms with Crippen molar-refractivity contribution in [3.8, 4) is 11.5 Å². The summed E-state index contributed by atoms with van der Waals surface area (Å²) in [5, 5.41) is 4.79. The van der Waals surface area contributed by atoms with Crippen LogP contribution in [-0.2, 0) is 9.53 Å². The second-order valence-electron chi connectivity index (χ2n) is 5.78. The van der Waals surface area contributed by atoms with Crippen LogP contribution in [0.5, 0.6) is 11.5 Å². The van der Waals surface area contributed by atoms with Gasteiger partial charge in [0.15, 0.2) is 18.1 Å². The number of carbonyl (C=O) groups is 3. The fraction of sp³-hybridized carbons (Fsp3) is 0.211. The van der Waals surface area contributed by atoms with Gasteiger partial charge < -0.3 is 19.5 Å². The molecule has 0 spiro atoms. The molecule has 0 atom stereocenters. The second-order valence-corrected chi connectivity index (χ2v) is 7.07. The maximum atomic E-state index is 12.1. The van der Waals surface area contributed by atoms with Crippen LogP contribution < -0.4 is 20.1 Å². The van der Waals surface area contributed by atoms with Gasteiger partial charge in [0.25, 0.3) is 5.91 Å². The fourth-order valence-electron chi connectivity index (χ4n) is 2.44. The highest BCUT2D eigenvalue weighted by Crippen LogP contribution is 2.32. The van der Waals surface area contributed by atoms with Crippen LogP contribution in [0.25, 0.3) is 0 Å². The van der Waals surface area contributed by atoms with Gasteiger partial charge >= 0.3 is 12.0 Å². The molecule has 0 fully saturated rings. The molecule has 0 unspecified atom stereocenters. The summed E-state index contributed by atoms with van der Waals surface area (Å²) in [7, 11) is 0. The number of esters is 1. The number of imide groups is 1. The molecule has 1 heterocycles. The molecule has 2 aromatic carbocycles. The zero-order valence-corrected chi connectivity index (χ0v) is 16.9. The molecule has 0 bridgehead atoms. The van der Waals surface area contributed by atoms with Gasteiger partial charge in [-0.25, -0.2) is 9.59 Å². The van der Waals surface area contributed by atoms with Crippen LogP contribution in [0.2, 0.25) is 5.02 Å². The highest BCUT2D eigenvalue weighted by Gasteiger charge is 2.17. The Morgan fingerprint density at radius 2 is 1.86 bits per heavy atom. The van der Waals surface area contributed by atoms with Crippen molar-refractivity contribution in [1.82, 2.24) is 5.32 Å². The Hall–Kier alpha value is -2.91. The zero-order chi connectivity index (χ0) is 20.8. The standard InChI is InChI=1S/C19H17ClN2O6S/c1-29-12-3-4-14(20)13(9-12)18(24)28-10-17(23)22-19(25)21-11-2-5-15-16(8-11)27-7-6-26-15/h2-5,8-9H,6-7,10H2,1H3,(H2,21,22,23,25). The van der Waals surface area contributed by atoms with E-state index in [1.807, 2.05) is 6.26 Å². The molecule has 2 aromatic rings. The first-order valence-electron chi connectivity index (χ1n) is 8.47. The number of nitrogens with one attached hydrogen (secondary N) is 2. The number of halogens is 1. The van der Waals surface area contributed by atoms with E-state index < -0.39 is 24.5 Å². The van der Waals surface area contributed by atoms with E-state index in [1.54, 1.807) is 36.4 Å². The summed E-state index contributed by atoms with van der Waals surface area (Å²) in [6, 6.07) is 8.98. The normalized spacial score (nSPS) is 12.1. The van der Waals surface area contributed by atoms with Crippen molar-refractivity contribution in [1.29, 1.82) is 0 Å². The molecule has 0 saturated carbocycles. The van der Waals surface area contributed by atoms with E-state index in [0.717, 1.165) is 4.90 Å². The smallest absolute Gasteiger partial charge is 0.340 e. The first-order chi connectivity index (χ1) is 14.0. The van der Waals surface area contributed by atoms with Crippen molar-refractivity contribution in [2.75, 3.05) is 31.4 Å². The van der Waals surface area contributed by atoms with Crippen molar-refractivity contribution in [2.24, 2.45) is 0 Å². The van der Waals surface area contributed by atoms with Gasteiger partial charge in [0, 0.05) is 16.6 Å². The van der Waals surface area contributed by atoms with E-state index >= 15 is 0 Å². The lowest BCUT2D eigenvalue weighted by atomic mass is 10.2. The topological polar surface area (TPSA) is 103 Å². The van der Waals surface area contributed by atoms with Crippen molar-refractivity contribution in [2.45, 2.75) is 4.90 Å². The molecule has 29 heavy (non-hydrogen) atoms. The molecular weight excluding hydrogens is 420 g/mol. The highest BCUT2D eigenvalue weighted by atomic mass is 35.5. The molecule has 3 rings (SSSR count). The van der Waals surface area contributed by atoms with Gasteiger partial charge in [-0.05, 0) is 36.6 Å². The van der Waals surface area contributed by atoms with Crippen LogP contribution in [0.1, 0.15) is 10.4 Å². The SMILES string of the molecule is CSc1ccc(Cl)c(C(=O)OCC(=O)NC(=O)Nc2ccc3c(c2)OCCO3)c1. The van der Waals surface area contributed by atoms with Crippen molar-refractivity contribution < 1.29 is 28.6 Å². The monoisotopic (exact) mass is 436 g/mol. The number of amides is 3. The molecule has 3 amide bonds. The molecule has 2 N–H and O–H groups in total. The zero-order valence-electron chi connectivity index (χ0n) is 15.3. The van der Waals surface area contributed by atoms with E-state index in [9.17, 15) is 14.4 Å². The Balaban J connectivity index is 1.50. The van der Waals surface area contributed by atoms with Crippen molar-refractivity contribution >= 4 is 47.0 Å². The number of hydrogen-bond donors (Lipinski definition) is 2. The molecule has 1 aliphatic heterocycles. The minimum atomic E-state index is -0.787. The van der Waals surface area contributed by atoms with Crippen LogP contribution in [0.4, 0.5) is 10.5 Å². The van der Waals surface area contributed by atoms with Crippen LogP contribution in [0.15, 0.2) is 41.3 Å². The molecule has 0 saturated heterocycles. The van der Waals surface area contributed by atoms with Gasteiger partial charge in [-0.2, -0.15) is 0 Å². The summed E-state index contributed by atoms with van der Waals surface area (Å²) in [5.41, 5.74) is 0.559. The second kappa shape index (κ2) is 9.53. The average Bonchev–Trinajstić information content (AvgIpc) is 2.72. The van der Waals surface area contributed by atoms with E-state index in [0.29, 0.717) is 30.4 Å². The number of ether oxygens (including phenoxy) is 3. The third-order valence-electron chi connectivity index (χ3n) is 3.78. The van der Waals surface area contributed by atoms with Crippen LogP contribution in [0.3, 0.4) is 0 Å². The Morgan fingerprint density at radius 1 is 1.10 bits per heavy atom. The molecule has 1 aliphatic rings. The van der Waals surface area contributed by atoms with Crippen LogP contribution >= 0.6 is 23.4 Å². The first kappa shape index (κ1) is 20.8. The van der Waals surface area contributed by atoms with Gasteiger partial charge in [-0.3, -0.25) is 10.1 Å². The van der Waals surface area contributed by atoms with Gasteiger partial charge in [-0.1, -0.05) is 11.6 Å². The summed E-state index contributed by atoms with van der Waals surface area (Å²) in [4.78, 5) is 36.8. The summed E-state index contributed by atoms with van der Waals surface area (Å²) in [6.45, 7) is 0.240. The summed E-state index contributed by atoms with van der Waals surface area (Å²) in [5.74, 6) is -0.466. The number of thioether (sulfide) groups is 1. The summed E-state index contributed by atoms with van der Waals surface area (Å²) in [6.07, 6.45) is 1.85. The van der Waals surface area contributed by atoms with E-state index in [-0.39, 0.29) is 10.6 Å². The molecule has 10 heteroatoms. The number of anilines is 1. The Morgan fingerprint density at radius 3 is 2.62 bits per heavy atom. The number of hydrogen-bond acceptors (Lipinski definition) is 7. The molecule has 8 nitrogen and oxygen atoms in total. The molecule has 0 aromatic heterocycles. The molecule has 0 radical (unpaired) electrons. The maximum absolute atomic E-state index is 12.1. The Kier molecular flexibility index (Phi) is 6.84. The summed E-state index contributed by atoms with van der Waals surface area (Å²) < 4.78 is 15.8. The van der Waals surface area contributed by atoms with Gasteiger partial charge in [-0.15, -0.1) is 11.8 Å². The van der Waals surface area contributed by atoms with E-state index in [2.05, 4.69) is 10.6 Å².